The molecule has 1 rings (SSSR count). The molecule has 3 amide bonds. The second-order valence-electron chi connectivity index (χ2n) is 4.55. The van der Waals surface area contributed by atoms with Crippen LogP contribution in [-0.4, -0.2) is 49.6 Å². The molecule has 2 atom stereocenters. The summed E-state index contributed by atoms with van der Waals surface area (Å²) in [5, 5.41) is 5.55. The lowest BCUT2D eigenvalue weighted by Gasteiger charge is -2.34. The molecule has 6 heteroatoms. The molecule has 17 heavy (non-hydrogen) atoms. The highest BCUT2D eigenvalue weighted by Gasteiger charge is 2.26. The number of hydrogen-bond donors (Lipinski definition) is 3. The number of amides is 3. The average molecular weight is 242 g/mol. The third kappa shape index (κ3) is 4.22. The predicted molar refractivity (Wildman–Crippen MR) is 65.4 cm³/mol. The standard InChI is InChI=1S/C11H22N4O2/c1-8(13-2)10(16)15-5-3-4-9(7-15)6-14-11(12)17/h8-9,13H,3-7H2,1-2H3,(H3,12,14,17). The summed E-state index contributed by atoms with van der Waals surface area (Å²) in [6.07, 6.45) is 2.01. The second kappa shape index (κ2) is 6.44. The van der Waals surface area contributed by atoms with Crippen LogP contribution in [0.1, 0.15) is 19.8 Å². The summed E-state index contributed by atoms with van der Waals surface area (Å²) in [5.74, 6) is 0.431. The van der Waals surface area contributed by atoms with Crippen LogP contribution in [0.3, 0.4) is 0 Å². The van der Waals surface area contributed by atoms with Gasteiger partial charge in [0.15, 0.2) is 0 Å². The highest BCUT2D eigenvalue weighted by atomic mass is 16.2. The number of urea groups is 1. The van der Waals surface area contributed by atoms with Gasteiger partial charge in [0.05, 0.1) is 6.04 Å². The van der Waals surface area contributed by atoms with E-state index in [1.54, 1.807) is 7.05 Å². The van der Waals surface area contributed by atoms with Crippen LogP contribution in [0.5, 0.6) is 0 Å². The van der Waals surface area contributed by atoms with Crippen molar-refractivity contribution in [2.75, 3.05) is 26.7 Å². The number of nitrogens with one attached hydrogen (secondary N) is 2. The van der Waals surface area contributed by atoms with Crippen LogP contribution in [0, 0.1) is 5.92 Å². The minimum Gasteiger partial charge on any atom is -0.352 e. The molecular weight excluding hydrogens is 220 g/mol. The van der Waals surface area contributed by atoms with Crippen molar-refractivity contribution >= 4 is 11.9 Å². The fourth-order valence-electron chi connectivity index (χ4n) is 2.07. The Balaban J connectivity index is 2.43. The van der Waals surface area contributed by atoms with Gasteiger partial charge in [-0.15, -0.1) is 0 Å². The average Bonchev–Trinajstić information content (AvgIpc) is 2.34. The summed E-state index contributed by atoms with van der Waals surface area (Å²) >= 11 is 0. The number of piperidine rings is 1. The molecule has 0 aromatic heterocycles. The Morgan fingerprint density at radius 2 is 2.24 bits per heavy atom. The van der Waals surface area contributed by atoms with E-state index in [0.717, 1.165) is 19.4 Å². The second-order valence-corrected chi connectivity index (χ2v) is 4.55. The molecule has 1 heterocycles. The van der Waals surface area contributed by atoms with E-state index in [1.165, 1.54) is 0 Å². The van der Waals surface area contributed by atoms with Crippen LogP contribution in [0.4, 0.5) is 4.79 Å². The van der Waals surface area contributed by atoms with Gasteiger partial charge in [0.1, 0.15) is 0 Å². The van der Waals surface area contributed by atoms with Crippen molar-refractivity contribution in [2.45, 2.75) is 25.8 Å². The van der Waals surface area contributed by atoms with Gasteiger partial charge in [-0.3, -0.25) is 4.79 Å². The van der Waals surface area contributed by atoms with Crippen molar-refractivity contribution < 1.29 is 9.59 Å². The fraction of sp³-hybridized carbons (Fsp3) is 0.818. The van der Waals surface area contributed by atoms with Crippen molar-refractivity contribution in [3.63, 3.8) is 0 Å². The number of hydrogen-bond acceptors (Lipinski definition) is 3. The van der Waals surface area contributed by atoms with E-state index in [1.807, 2.05) is 11.8 Å². The van der Waals surface area contributed by atoms with Crippen LogP contribution in [0.15, 0.2) is 0 Å². The van der Waals surface area contributed by atoms with Crippen molar-refractivity contribution in [3.05, 3.63) is 0 Å². The fourth-order valence-corrected chi connectivity index (χ4v) is 2.07. The van der Waals surface area contributed by atoms with Crippen LogP contribution < -0.4 is 16.4 Å². The molecule has 0 aliphatic carbocycles. The molecule has 98 valence electrons. The first-order valence-corrected chi connectivity index (χ1v) is 6.04. The molecule has 0 aromatic rings. The monoisotopic (exact) mass is 242 g/mol. The summed E-state index contributed by atoms with van der Waals surface area (Å²) in [7, 11) is 1.78. The Bertz CT molecular complexity index is 283. The van der Waals surface area contributed by atoms with E-state index >= 15 is 0 Å². The number of likely N-dealkylation sites (N-methyl/N-ethyl adjacent to an activating group) is 1. The SMILES string of the molecule is CNC(C)C(=O)N1CCCC(CNC(N)=O)C1. The van der Waals surface area contributed by atoms with E-state index in [0.29, 0.717) is 19.0 Å². The van der Waals surface area contributed by atoms with Crippen molar-refractivity contribution in [1.82, 2.24) is 15.5 Å². The summed E-state index contributed by atoms with van der Waals surface area (Å²) in [4.78, 5) is 24.5. The summed E-state index contributed by atoms with van der Waals surface area (Å²) < 4.78 is 0. The van der Waals surface area contributed by atoms with Gasteiger partial charge in [-0.2, -0.15) is 0 Å². The van der Waals surface area contributed by atoms with Gasteiger partial charge >= 0.3 is 6.03 Å². The van der Waals surface area contributed by atoms with E-state index in [2.05, 4.69) is 10.6 Å². The van der Waals surface area contributed by atoms with Crippen LogP contribution in [-0.2, 0) is 4.79 Å². The number of carbonyl (C=O) groups is 2. The lowest BCUT2D eigenvalue weighted by Crippen LogP contribution is -2.49. The number of nitrogens with two attached hydrogens (primary N) is 1. The third-order valence-corrected chi connectivity index (χ3v) is 3.20. The summed E-state index contributed by atoms with van der Waals surface area (Å²) in [5.41, 5.74) is 5.03. The van der Waals surface area contributed by atoms with Crippen LogP contribution in [0.2, 0.25) is 0 Å². The highest BCUT2D eigenvalue weighted by molar-refractivity contribution is 5.81. The number of rotatable bonds is 4. The van der Waals surface area contributed by atoms with Crippen molar-refractivity contribution in [1.29, 1.82) is 0 Å². The van der Waals surface area contributed by atoms with Crippen LogP contribution >= 0.6 is 0 Å². The predicted octanol–water partition coefficient (Wildman–Crippen LogP) is -0.499. The molecule has 1 saturated heterocycles. The Labute approximate surface area is 102 Å². The zero-order valence-electron chi connectivity index (χ0n) is 10.5. The first-order chi connectivity index (χ1) is 8.04. The minimum absolute atomic E-state index is 0.122. The molecule has 0 spiro atoms. The number of nitrogens with zero attached hydrogens (tertiary/aromatic N) is 1. The molecule has 0 bridgehead atoms. The van der Waals surface area contributed by atoms with Gasteiger partial charge in [-0.05, 0) is 32.7 Å². The van der Waals surface area contributed by atoms with Gasteiger partial charge in [0.2, 0.25) is 5.91 Å². The highest BCUT2D eigenvalue weighted by Crippen LogP contribution is 2.16. The number of carbonyl (C=O) groups excluding carboxylic acids is 2. The quantitative estimate of drug-likeness (QED) is 0.621. The molecule has 1 fully saturated rings. The lowest BCUT2D eigenvalue weighted by atomic mass is 9.97. The van der Waals surface area contributed by atoms with E-state index in [4.69, 9.17) is 5.73 Å². The Kier molecular flexibility index (Phi) is 5.21. The van der Waals surface area contributed by atoms with Gasteiger partial charge in [0, 0.05) is 19.6 Å². The largest absolute Gasteiger partial charge is 0.352 e. The molecule has 6 nitrogen and oxygen atoms in total. The van der Waals surface area contributed by atoms with Gasteiger partial charge in [-0.1, -0.05) is 0 Å². The Morgan fingerprint density at radius 3 is 2.82 bits per heavy atom. The molecular formula is C11H22N4O2. The molecule has 0 radical (unpaired) electrons. The molecule has 0 saturated carbocycles. The third-order valence-electron chi connectivity index (χ3n) is 3.20. The van der Waals surface area contributed by atoms with Crippen molar-refractivity contribution in [3.8, 4) is 0 Å². The van der Waals surface area contributed by atoms with Gasteiger partial charge in [-0.25, -0.2) is 4.79 Å². The molecule has 4 N–H and O–H groups in total. The maximum absolute atomic E-state index is 12.0. The lowest BCUT2D eigenvalue weighted by molar-refractivity contribution is -0.134. The molecule has 1 aliphatic rings. The molecule has 2 unspecified atom stereocenters. The number of primary amides is 1. The summed E-state index contributed by atoms with van der Waals surface area (Å²) in [6, 6.07) is -0.658. The Hall–Kier alpha value is -1.30. The van der Waals surface area contributed by atoms with E-state index < -0.39 is 6.03 Å². The topological polar surface area (TPSA) is 87.5 Å². The zero-order valence-corrected chi connectivity index (χ0v) is 10.5. The summed E-state index contributed by atoms with van der Waals surface area (Å²) in [6.45, 7) is 3.91. The van der Waals surface area contributed by atoms with Crippen molar-refractivity contribution in [2.24, 2.45) is 11.7 Å². The van der Waals surface area contributed by atoms with E-state index in [9.17, 15) is 9.59 Å². The first-order valence-electron chi connectivity index (χ1n) is 6.04. The smallest absolute Gasteiger partial charge is 0.312 e. The van der Waals surface area contributed by atoms with Gasteiger partial charge < -0.3 is 21.3 Å². The van der Waals surface area contributed by atoms with Crippen LogP contribution in [0.25, 0.3) is 0 Å². The minimum atomic E-state index is -0.503. The maximum atomic E-state index is 12.0. The number of likely N-dealkylation sites (tertiary alicyclic amines) is 1. The maximum Gasteiger partial charge on any atom is 0.312 e. The first kappa shape index (κ1) is 13.8. The van der Waals surface area contributed by atoms with E-state index in [-0.39, 0.29) is 11.9 Å². The molecule has 1 aliphatic heterocycles. The normalized spacial score (nSPS) is 22.0. The Morgan fingerprint density at radius 1 is 1.53 bits per heavy atom. The van der Waals surface area contributed by atoms with Gasteiger partial charge in [0.25, 0.3) is 0 Å². The molecule has 0 aromatic carbocycles. The zero-order chi connectivity index (χ0) is 12.8.